The molecule has 0 heterocycles. The van der Waals surface area contributed by atoms with Gasteiger partial charge in [-0.05, 0) is 45.9 Å². The molecule has 0 amide bonds. The van der Waals surface area contributed by atoms with Crippen molar-refractivity contribution in [3.8, 4) is 0 Å². The van der Waals surface area contributed by atoms with Gasteiger partial charge in [-0.2, -0.15) is 0 Å². The van der Waals surface area contributed by atoms with Crippen molar-refractivity contribution in [1.29, 1.82) is 0 Å². The van der Waals surface area contributed by atoms with E-state index in [1.54, 1.807) is 0 Å². The fraction of sp³-hybridized carbons (Fsp3) is 0.143. The molecule has 0 aliphatic rings. The summed E-state index contributed by atoms with van der Waals surface area (Å²) in [6, 6.07) is 18.1. The minimum atomic E-state index is -0.417. The lowest BCUT2D eigenvalue weighted by Crippen LogP contribution is -2.01. The second-order valence-corrected chi connectivity index (χ2v) is 5.00. The van der Waals surface area contributed by atoms with E-state index in [4.69, 9.17) is 0 Å². The Morgan fingerprint density at radius 1 is 0.938 bits per heavy atom. The summed E-state index contributed by atoms with van der Waals surface area (Å²) < 4.78 is 1.19. The van der Waals surface area contributed by atoms with Crippen LogP contribution in [0.5, 0.6) is 0 Å². The first-order chi connectivity index (χ1) is 7.75. The van der Waals surface area contributed by atoms with Gasteiger partial charge < -0.3 is 5.11 Å². The Kier molecular flexibility index (Phi) is 3.96. The Morgan fingerprint density at radius 2 is 1.56 bits per heavy atom. The summed E-state index contributed by atoms with van der Waals surface area (Å²) >= 11 is 2.26. The molecule has 0 aliphatic carbocycles. The molecule has 16 heavy (non-hydrogen) atoms. The van der Waals surface area contributed by atoms with E-state index in [-0.39, 0.29) is 0 Å². The number of hydrogen-bond acceptors (Lipinski definition) is 1. The third-order valence-corrected chi connectivity index (χ3v) is 3.25. The van der Waals surface area contributed by atoms with Crippen LogP contribution < -0.4 is 0 Å². The van der Waals surface area contributed by atoms with Crippen LogP contribution in [0, 0.1) is 3.57 Å². The molecule has 1 atom stereocenters. The molecule has 0 saturated heterocycles. The van der Waals surface area contributed by atoms with Gasteiger partial charge in [0.2, 0.25) is 0 Å². The van der Waals surface area contributed by atoms with Crippen molar-refractivity contribution in [1.82, 2.24) is 0 Å². The lowest BCUT2D eigenvalue weighted by atomic mass is 10.0. The second kappa shape index (κ2) is 5.46. The van der Waals surface area contributed by atoms with Crippen LogP contribution in [0.2, 0.25) is 0 Å². The maximum absolute atomic E-state index is 10.1. The number of aliphatic hydroxyl groups is 1. The monoisotopic (exact) mass is 324 g/mol. The number of benzene rings is 2. The molecular weight excluding hydrogens is 311 g/mol. The predicted octanol–water partition coefficient (Wildman–Crippen LogP) is 3.57. The minimum absolute atomic E-state index is 0.417. The van der Waals surface area contributed by atoms with Gasteiger partial charge in [-0.15, -0.1) is 0 Å². The molecule has 2 aromatic rings. The van der Waals surface area contributed by atoms with Crippen LogP contribution in [0.3, 0.4) is 0 Å². The summed E-state index contributed by atoms with van der Waals surface area (Å²) in [5.41, 5.74) is 2.14. The van der Waals surface area contributed by atoms with Crippen LogP contribution in [-0.2, 0) is 6.42 Å². The maximum Gasteiger partial charge on any atom is 0.0830 e. The Morgan fingerprint density at radius 3 is 2.19 bits per heavy atom. The fourth-order valence-electron chi connectivity index (χ4n) is 1.64. The molecule has 0 saturated carbocycles. The Bertz CT molecular complexity index is 436. The minimum Gasteiger partial charge on any atom is -0.388 e. The SMILES string of the molecule is OC(Cc1ccccc1)c1ccc(I)cc1. The first kappa shape index (κ1) is 11.6. The van der Waals surface area contributed by atoms with Gasteiger partial charge in [0.05, 0.1) is 6.10 Å². The summed E-state index contributed by atoms with van der Waals surface area (Å²) in [4.78, 5) is 0. The molecule has 0 spiro atoms. The van der Waals surface area contributed by atoms with E-state index in [0.717, 1.165) is 11.1 Å². The van der Waals surface area contributed by atoms with E-state index < -0.39 is 6.10 Å². The van der Waals surface area contributed by atoms with Crippen LogP contribution in [0.4, 0.5) is 0 Å². The van der Waals surface area contributed by atoms with Gasteiger partial charge >= 0.3 is 0 Å². The summed E-state index contributed by atoms with van der Waals surface area (Å²) in [6.45, 7) is 0. The largest absolute Gasteiger partial charge is 0.388 e. The van der Waals surface area contributed by atoms with Gasteiger partial charge in [0, 0.05) is 9.99 Å². The molecule has 0 aliphatic heterocycles. The molecule has 0 radical (unpaired) electrons. The van der Waals surface area contributed by atoms with Crippen molar-refractivity contribution in [2.75, 3.05) is 0 Å². The van der Waals surface area contributed by atoms with E-state index in [2.05, 4.69) is 22.6 Å². The highest BCUT2D eigenvalue weighted by molar-refractivity contribution is 14.1. The lowest BCUT2D eigenvalue weighted by Gasteiger charge is -2.11. The third kappa shape index (κ3) is 3.06. The molecule has 82 valence electrons. The van der Waals surface area contributed by atoms with E-state index in [0.29, 0.717) is 6.42 Å². The number of aliphatic hydroxyl groups excluding tert-OH is 1. The highest BCUT2D eigenvalue weighted by atomic mass is 127. The normalized spacial score (nSPS) is 12.4. The first-order valence-corrected chi connectivity index (χ1v) is 6.31. The quantitative estimate of drug-likeness (QED) is 0.856. The number of rotatable bonds is 3. The van der Waals surface area contributed by atoms with Gasteiger partial charge in [0.25, 0.3) is 0 Å². The molecule has 1 unspecified atom stereocenters. The summed E-state index contributed by atoms with van der Waals surface area (Å²) in [5, 5.41) is 10.1. The van der Waals surface area contributed by atoms with Crippen LogP contribution in [-0.4, -0.2) is 5.11 Å². The Hall–Kier alpha value is -0.870. The van der Waals surface area contributed by atoms with Crippen LogP contribution in [0.1, 0.15) is 17.2 Å². The van der Waals surface area contributed by atoms with E-state index in [9.17, 15) is 5.11 Å². The molecule has 2 heteroatoms. The van der Waals surface area contributed by atoms with Crippen molar-refractivity contribution in [2.24, 2.45) is 0 Å². The van der Waals surface area contributed by atoms with Gasteiger partial charge in [-0.1, -0.05) is 42.5 Å². The van der Waals surface area contributed by atoms with Crippen molar-refractivity contribution in [3.63, 3.8) is 0 Å². The fourth-order valence-corrected chi connectivity index (χ4v) is 2.00. The van der Waals surface area contributed by atoms with E-state index >= 15 is 0 Å². The first-order valence-electron chi connectivity index (χ1n) is 5.23. The molecule has 1 N–H and O–H groups in total. The third-order valence-electron chi connectivity index (χ3n) is 2.53. The van der Waals surface area contributed by atoms with Crippen LogP contribution in [0.15, 0.2) is 54.6 Å². The smallest absolute Gasteiger partial charge is 0.0830 e. The summed E-state index contributed by atoms with van der Waals surface area (Å²) in [5.74, 6) is 0. The highest BCUT2D eigenvalue weighted by Gasteiger charge is 2.07. The molecule has 0 aromatic heterocycles. The van der Waals surface area contributed by atoms with Gasteiger partial charge in [0.15, 0.2) is 0 Å². The van der Waals surface area contributed by atoms with Crippen LogP contribution in [0.25, 0.3) is 0 Å². The zero-order valence-corrected chi connectivity index (χ0v) is 11.0. The zero-order chi connectivity index (χ0) is 11.4. The summed E-state index contributed by atoms with van der Waals surface area (Å²) in [6.07, 6.45) is 0.251. The van der Waals surface area contributed by atoms with Gasteiger partial charge in [0.1, 0.15) is 0 Å². The predicted molar refractivity (Wildman–Crippen MR) is 74.3 cm³/mol. The second-order valence-electron chi connectivity index (χ2n) is 3.76. The molecule has 1 nitrogen and oxygen atoms in total. The molecule has 0 fully saturated rings. The topological polar surface area (TPSA) is 20.2 Å². The Labute approximate surface area is 109 Å². The Balaban J connectivity index is 2.09. The van der Waals surface area contributed by atoms with Crippen molar-refractivity contribution in [3.05, 3.63) is 69.3 Å². The van der Waals surface area contributed by atoms with Crippen molar-refractivity contribution >= 4 is 22.6 Å². The molecule has 2 aromatic carbocycles. The van der Waals surface area contributed by atoms with Gasteiger partial charge in [-0.25, -0.2) is 0 Å². The number of hydrogen-bond donors (Lipinski definition) is 1. The van der Waals surface area contributed by atoms with Crippen molar-refractivity contribution < 1.29 is 5.11 Å². The molecule has 2 rings (SSSR count). The standard InChI is InChI=1S/C14H13IO/c15-13-8-6-12(7-9-13)14(16)10-11-4-2-1-3-5-11/h1-9,14,16H,10H2. The highest BCUT2D eigenvalue weighted by Crippen LogP contribution is 2.19. The van der Waals surface area contributed by atoms with Crippen molar-refractivity contribution in [2.45, 2.75) is 12.5 Å². The molecule has 0 bridgehead atoms. The van der Waals surface area contributed by atoms with Crippen LogP contribution >= 0.6 is 22.6 Å². The maximum atomic E-state index is 10.1. The van der Waals surface area contributed by atoms with E-state index in [1.807, 2.05) is 54.6 Å². The average molecular weight is 324 g/mol. The van der Waals surface area contributed by atoms with Gasteiger partial charge in [-0.3, -0.25) is 0 Å². The zero-order valence-electron chi connectivity index (χ0n) is 8.81. The molecular formula is C14H13IO. The van der Waals surface area contributed by atoms with E-state index in [1.165, 1.54) is 3.57 Å². The lowest BCUT2D eigenvalue weighted by molar-refractivity contribution is 0.178. The summed E-state index contributed by atoms with van der Waals surface area (Å²) in [7, 11) is 0. The number of halogens is 1. The average Bonchev–Trinajstić information content (AvgIpc) is 2.31.